The van der Waals surface area contributed by atoms with Gasteiger partial charge < -0.3 is 20.9 Å². The Morgan fingerprint density at radius 2 is 1.85 bits per heavy atom. The van der Waals surface area contributed by atoms with Gasteiger partial charge in [0.2, 0.25) is 23.6 Å². The van der Waals surface area contributed by atoms with Gasteiger partial charge in [0.05, 0.1) is 6.07 Å². The fourth-order valence-corrected chi connectivity index (χ4v) is 6.67. The Bertz CT molecular complexity index is 849. The van der Waals surface area contributed by atoms with Crippen LogP contribution in [0.3, 0.4) is 0 Å². The highest BCUT2D eigenvalue weighted by molar-refractivity contribution is 5.93. The third-order valence-corrected chi connectivity index (χ3v) is 8.34. The molecule has 0 aromatic carbocycles. The predicted octanol–water partition coefficient (Wildman–Crippen LogP) is 1.23. The van der Waals surface area contributed by atoms with E-state index in [0.29, 0.717) is 19.5 Å². The lowest BCUT2D eigenvalue weighted by atomic mass is 9.83. The molecule has 0 bridgehead atoms. The van der Waals surface area contributed by atoms with Crippen molar-refractivity contribution in [3.63, 3.8) is 0 Å². The molecule has 0 radical (unpaired) electrons. The molecule has 2 aliphatic heterocycles. The number of nitriles is 1. The second-order valence-corrected chi connectivity index (χ2v) is 10.6. The summed E-state index contributed by atoms with van der Waals surface area (Å²) in [6, 6.07) is 0.119. The molecule has 6 atom stereocenters. The Kier molecular flexibility index (Phi) is 7.74. The summed E-state index contributed by atoms with van der Waals surface area (Å²) in [5.41, 5.74) is 0. The van der Waals surface area contributed by atoms with Crippen LogP contribution in [-0.2, 0) is 19.2 Å². The van der Waals surface area contributed by atoms with Crippen LogP contribution < -0.4 is 16.0 Å². The van der Waals surface area contributed by atoms with E-state index < -0.39 is 18.1 Å². The molecular formula is C25H37N5O4. The van der Waals surface area contributed by atoms with Crippen molar-refractivity contribution in [1.82, 2.24) is 20.9 Å². The molecule has 0 spiro atoms. The molecule has 4 fully saturated rings. The second-order valence-electron chi connectivity index (χ2n) is 10.6. The summed E-state index contributed by atoms with van der Waals surface area (Å²) in [7, 11) is 0. The average molecular weight is 472 g/mol. The van der Waals surface area contributed by atoms with Crippen molar-refractivity contribution in [1.29, 1.82) is 5.26 Å². The number of fused-ring (bicyclic) bond motifs is 1. The van der Waals surface area contributed by atoms with E-state index in [0.717, 1.165) is 51.4 Å². The minimum absolute atomic E-state index is 0.0717. The highest BCUT2D eigenvalue weighted by Crippen LogP contribution is 2.43. The molecule has 2 saturated carbocycles. The largest absolute Gasteiger partial charge is 0.356 e. The van der Waals surface area contributed by atoms with Gasteiger partial charge in [-0.15, -0.1) is 0 Å². The summed E-state index contributed by atoms with van der Waals surface area (Å²) in [5.74, 6) is -0.633. The molecule has 0 unspecified atom stereocenters. The number of hydrogen-bond donors (Lipinski definition) is 3. The van der Waals surface area contributed by atoms with Crippen LogP contribution in [0.5, 0.6) is 0 Å². The van der Waals surface area contributed by atoms with Gasteiger partial charge in [-0.05, 0) is 56.3 Å². The molecular weight excluding hydrogens is 434 g/mol. The van der Waals surface area contributed by atoms with E-state index in [1.165, 1.54) is 6.92 Å². The zero-order valence-corrected chi connectivity index (χ0v) is 20.1. The SMILES string of the molecule is CC(=O)N[C@H](C(=O)N1C[C@@H]2CCC[C@@H]2[C@H]1C(=O)N[C@H](C#N)C[C@@H]1CCNC1=O)C1CCCCC1. The van der Waals surface area contributed by atoms with Crippen LogP contribution in [0.25, 0.3) is 0 Å². The number of likely N-dealkylation sites (tertiary alicyclic amines) is 1. The normalized spacial score (nSPS) is 30.7. The summed E-state index contributed by atoms with van der Waals surface area (Å²) in [5, 5.41) is 18.2. The van der Waals surface area contributed by atoms with Crippen molar-refractivity contribution in [3.8, 4) is 6.07 Å². The molecule has 186 valence electrons. The van der Waals surface area contributed by atoms with E-state index in [2.05, 4.69) is 22.0 Å². The average Bonchev–Trinajstić information content (AvgIpc) is 3.53. The highest BCUT2D eigenvalue weighted by Gasteiger charge is 2.51. The number of hydrogen-bond acceptors (Lipinski definition) is 5. The quantitative estimate of drug-likeness (QED) is 0.514. The van der Waals surface area contributed by atoms with Crippen LogP contribution in [-0.4, -0.2) is 59.7 Å². The first-order valence-corrected chi connectivity index (χ1v) is 12.9. The van der Waals surface area contributed by atoms with E-state index in [1.54, 1.807) is 4.90 Å². The zero-order valence-electron chi connectivity index (χ0n) is 20.1. The maximum absolute atomic E-state index is 13.8. The van der Waals surface area contributed by atoms with Crippen LogP contribution in [0.1, 0.15) is 71.1 Å². The van der Waals surface area contributed by atoms with Crippen molar-refractivity contribution in [2.45, 2.75) is 89.3 Å². The summed E-state index contributed by atoms with van der Waals surface area (Å²) in [6.45, 7) is 2.55. The van der Waals surface area contributed by atoms with E-state index >= 15 is 0 Å². The summed E-state index contributed by atoms with van der Waals surface area (Å²) < 4.78 is 0. The van der Waals surface area contributed by atoms with Gasteiger partial charge in [-0.25, -0.2) is 0 Å². The molecule has 34 heavy (non-hydrogen) atoms. The number of rotatable bonds is 7. The van der Waals surface area contributed by atoms with Gasteiger partial charge in [0, 0.05) is 25.9 Å². The molecule has 4 rings (SSSR count). The van der Waals surface area contributed by atoms with Crippen LogP contribution in [0, 0.1) is 35.0 Å². The number of amides is 4. The molecule has 2 heterocycles. The Hall–Kier alpha value is -2.63. The number of nitrogens with one attached hydrogen (secondary N) is 3. The fraction of sp³-hybridized carbons (Fsp3) is 0.800. The summed E-state index contributed by atoms with van der Waals surface area (Å²) in [4.78, 5) is 52.9. The van der Waals surface area contributed by atoms with Gasteiger partial charge in [0.15, 0.2) is 0 Å². The standard InChI is InChI=1S/C25H37N5O4/c1-15(31)28-21(16-6-3-2-4-7-16)25(34)30-14-18-8-5-9-20(18)22(30)24(33)29-19(13-26)12-17-10-11-27-23(17)32/h16-22H,2-12,14H2,1H3,(H,27,32)(H,28,31)(H,29,33)/t17-,18-,19-,20-,21-,22-/m0/s1. The number of carbonyl (C=O) groups excluding carboxylic acids is 4. The zero-order chi connectivity index (χ0) is 24.2. The van der Waals surface area contributed by atoms with Gasteiger partial charge in [-0.3, -0.25) is 19.2 Å². The van der Waals surface area contributed by atoms with Crippen molar-refractivity contribution < 1.29 is 19.2 Å². The summed E-state index contributed by atoms with van der Waals surface area (Å²) in [6.07, 6.45) is 8.85. The molecule has 2 saturated heterocycles. The van der Waals surface area contributed by atoms with Crippen LogP contribution in [0.15, 0.2) is 0 Å². The van der Waals surface area contributed by atoms with Crippen LogP contribution in [0.4, 0.5) is 0 Å². The molecule has 4 aliphatic rings. The molecule has 3 N–H and O–H groups in total. The van der Waals surface area contributed by atoms with E-state index in [-0.39, 0.29) is 53.7 Å². The van der Waals surface area contributed by atoms with E-state index in [1.807, 2.05) is 0 Å². The van der Waals surface area contributed by atoms with E-state index in [9.17, 15) is 24.4 Å². The number of carbonyl (C=O) groups is 4. The third kappa shape index (κ3) is 5.21. The third-order valence-electron chi connectivity index (χ3n) is 8.34. The lowest BCUT2D eigenvalue weighted by Crippen LogP contribution is -2.57. The Balaban J connectivity index is 1.50. The Morgan fingerprint density at radius 1 is 1.09 bits per heavy atom. The molecule has 0 aromatic heterocycles. The van der Waals surface area contributed by atoms with Crippen molar-refractivity contribution in [3.05, 3.63) is 0 Å². The van der Waals surface area contributed by atoms with Crippen LogP contribution >= 0.6 is 0 Å². The second kappa shape index (κ2) is 10.7. The molecule has 9 nitrogen and oxygen atoms in total. The number of nitrogens with zero attached hydrogens (tertiary/aromatic N) is 2. The Morgan fingerprint density at radius 3 is 2.50 bits per heavy atom. The maximum Gasteiger partial charge on any atom is 0.246 e. The molecule has 4 amide bonds. The topological polar surface area (TPSA) is 131 Å². The van der Waals surface area contributed by atoms with Crippen molar-refractivity contribution in [2.24, 2.45) is 23.7 Å². The minimum atomic E-state index is -0.775. The maximum atomic E-state index is 13.8. The van der Waals surface area contributed by atoms with Crippen molar-refractivity contribution in [2.75, 3.05) is 13.1 Å². The minimum Gasteiger partial charge on any atom is -0.356 e. The van der Waals surface area contributed by atoms with Gasteiger partial charge in [0.1, 0.15) is 18.1 Å². The first-order chi connectivity index (χ1) is 16.4. The van der Waals surface area contributed by atoms with Gasteiger partial charge in [-0.2, -0.15) is 5.26 Å². The molecule has 0 aromatic rings. The van der Waals surface area contributed by atoms with Crippen LogP contribution in [0.2, 0.25) is 0 Å². The highest BCUT2D eigenvalue weighted by atomic mass is 16.2. The Labute approximate surface area is 201 Å². The van der Waals surface area contributed by atoms with Gasteiger partial charge >= 0.3 is 0 Å². The molecule has 2 aliphatic carbocycles. The van der Waals surface area contributed by atoms with Crippen molar-refractivity contribution >= 4 is 23.6 Å². The van der Waals surface area contributed by atoms with Gasteiger partial charge in [-0.1, -0.05) is 25.7 Å². The van der Waals surface area contributed by atoms with E-state index in [4.69, 9.17) is 0 Å². The van der Waals surface area contributed by atoms with Gasteiger partial charge in [0.25, 0.3) is 0 Å². The smallest absolute Gasteiger partial charge is 0.246 e. The summed E-state index contributed by atoms with van der Waals surface area (Å²) >= 11 is 0. The first-order valence-electron chi connectivity index (χ1n) is 12.9. The fourth-order valence-electron chi connectivity index (χ4n) is 6.67. The monoisotopic (exact) mass is 471 g/mol. The lowest BCUT2D eigenvalue weighted by molar-refractivity contribution is -0.143. The first kappa shape index (κ1) is 24.5. The predicted molar refractivity (Wildman–Crippen MR) is 124 cm³/mol. The lowest BCUT2D eigenvalue weighted by Gasteiger charge is -2.35. The molecule has 9 heteroatoms.